The van der Waals surface area contributed by atoms with E-state index in [2.05, 4.69) is 41.0 Å². The van der Waals surface area contributed by atoms with E-state index in [1.807, 2.05) is 18.2 Å². The van der Waals surface area contributed by atoms with Crippen LogP contribution in [0.15, 0.2) is 65.3 Å². The third-order valence-corrected chi connectivity index (χ3v) is 4.05. The number of urea groups is 1. The number of furan rings is 1. The topological polar surface area (TPSA) is 54.3 Å². The molecule has 0 saturated heterocycles. The number of nitrogens with one attached hydrogen (secondary N) is 2. The minimum Gasteiger partial charge on any atom is -0.467 e. The van der Waals surface area contributed by atoms with Gasteiger partial charge in [-0.05, 0) is 52.9 Å². The van der Waals surface area contributed by atoms with Crippen molar-refractivity contribution in [2.24, 2.45) is 0 Å². The number of anilines is 1. The van der Waals surface area contributed by atoms with Crippen LogP contribution in [0.1, 0.15) is 16.9 Å². The molecule has 0 aliphatic heterocycles. The van der Waals surface area contributed by atoms with E-state index in [0.29, 0.717) is 6.54 Å². The van der Waals surface area contributed by atoms with Crippen LogP contribution >= 0.6 is 0 Å². The number of rotatable bonds is 3. The molecular formula is C19H16N2O2. The van der Waals surface area contributed by atoms with E-state index < -0.39 is 0 Å². The normalized spacial score (nSPS) is 11.7. The lowest BCUT2D eigenvalue weighted by Gasteiger charge is -2.08. The van der Waals surface area contributed by atoms with Crippen molar-refractivity contribution in [1.29, 1.82) is 0 Å². The van der Waals surface area contributed by atoms with Gasteiger partial charge in [0.05, 0.1) is 12.8 Å². The number of amides is 2. The highest BCUT2D eigenvalue weighted by Crippen LogP contribution is 2.37. The standard InChI is InChI=1S/C19H16N2O2/c22-19(20-12-16-5-3-9-23-16)21-15-7-8-18-14(11-15)10-13-4-1-2-6-17(13)18/h1-9,11H,10,12H2,(H2,20,21,22). The van der Waals surface area contributed by atoms with E-state index in [0.717, 1.165) is 17.9 Å². The highest BCUT2D eigenvalue weighted by molar-refractivity contribution is 5.90. The summed E-state index contributed by atoms with van der Waals surface area (Å²) in [5.74, 6) is 0.726. The summed E-state index contributed by atoms with van der Waals surface area (Å²) in [6.45, 7) is 0.370. The minimum absolute atomic E-state index is 0.239. The van der Waals surface area contributed by atoms with Gasteiger partial charge in [-0.1, -0.05) is 30.3 Å². The predicted molar refractivity (Wildman–Crippen MR) is 89.3 cm³/mol. The number of benzene rings is 2. The summed E-state index contributed by atoms with van der Waals surface area (Å²) in [6.07, 6.45) is 2.50. The van der Waals surface area contributed by atoms with Crippen molar-refractivity contribution in [3.8, 4) is 11.1 Å². The molecule has 3 aromatic rings. The molecule has 23 heavy (non-hydrogen) atoms. The first-order chi connectivity index (χ1) is 11.3. The SMILES string of the molecule is O=C(NCc1ccco1)Nc1ccc2c(c1)Cc1ccccc1-2. The van der Waals surface area contributed by atoms with Gasteiger partial charge >= 0.3 is 6.03 Å². The molecule has 4 heteroatoms. The Morgan fingerprint density at radius 3 is 2.74 bits per heavy atom. The van der Waals surface area contributed by atoms with Gasteiger partial charge in [0.2, 0.25) is 0 Å². The molecule has 0 saturated carbocycles. The first-order valence-corrected chi connectivity index (χ1v) is 7.58. The fraction of sp³-hybridized carbons (Fsp3) is 0.105. The van der Waals surface area contributed by atoms with Gasteiger partial charge < -0.3 is 15.1 Å². The van der Waals surface area contributed by atoms with Gasteiger partial charge in [0.25, 0.3) is 0 Å². The highest BCUT2D eigenvalue weighted by Gasteiger charge is 2.18. The molecule has 2 N–H and O–H groups in total. The second kappa shape index (κ2) is 5.65. The van der Waals surface area contributed by atoms with E-state index >= 15 is 0 Å². The van der Waals surface area contributed by atoms with Crippen LogP contribution in [-0.4, -0.2) is 6.03 Å². The number of hydrogen-bond donors (Lipinski definition) is 2. The molecule has 4 nitrogen and oxygen atoms in total. The molecule has 0 spiro atoms. The Labute approximate surface area is 134 Å². The Kier molecular flexibility index (Phi) is 3.35. The van der Waals surface area contributed by atoms with Gasteiger partial charge in [0.1, 0.15) is 5.76 Å². The number of hydrogen-bond acceptors (Lipinski definition) is 2. The van der Waals surface area contributed by atoms with E-state index in [4.69, 9.17) is 4.42 Å². The number of carbonyl (C=O) groups is 1. The molecule has 4 rings (SSSR count). The number of carbonyl (C=O) groups excluding carboxylic acids is 1. The summed E-state index contributed by atoms with van der Waals surface area (Å²) in [6, 6.07) is 17.9. The van der Waals surface area contributed by atoms with Crippen molar-refractivity contribution in [2.75, 3.05) is 5.32 Å². The lowest BCUT2D eigenvalue weighted by molar-refractivity contribution is 0.251. The van der Waals surface area contributed by atoms with Gasteiger partial charge in [-0.2, -0.15) is 0 Å². The van der Waals surface area contributed by atoms with Crippen LogP contribution in [0, 0.1) is 0 Å². The van der Waals surface area contributed by atoms with Crippen molar-refractivity contribution < 1.29 is 9.21 Å². The Hall–Kier alpha value is -3.01. The third-order valence-electron chi connectivity index (χ3n) is 4.05. The summed E-state index contributed by atoms with van der Waals surface area (Å²) in [5.41, 5.74) is 5.92. The van der Waals surface area contributed by atoms with Gasteiger partial charge in [0, 0.05) is 5.69 Å². The predicted octanol–water partition coefficient (Wildman–Crippen LogP) is 4.17. The summed E-state index contributed by atoms with van der Waals surface area (Å²) in [7, 11) is 0. The third kappa shape index (κ3) is 2.71. The molecule has 1 aliphatic carbocycles. The lowest BCUT2D eigenvalue weighted by atomic mass is 10.1. The van der Waals surface area contributed by atoms with Gasteiger partial charge in [-0.15, -0.1) is 0 Å². The van der Waals surface area contributed by atoms with Crippen LogP contribution in [0.25, 0.3) is 11.1 Å². The average Bonchev–Trinajstić information content (AvgIpc) is 3.20. The first kappa shape index (κ1) is 13.6. The summed E-state index contributed by atoms with van der Waals surface area (Å²) < 4.78 is 5.19. The molecule has 2 aromatic carbocycles. The molecule has 1 heterocycles. The van der Waals surface area contributed by atoms with Crippen molar-refractivity contribution in [1.82, 2.24) is 5.32 Å². The van der Waals surface area contributed by atoms with Crippen LogP contribution in [0.4, 0.5) is 10.5 Å². The maximum atomic E-state index is 12.0. The van der Waals surface area contributed by atoms with E-state index in [-0.39, 0.29) is 6.03 Å². The summed E-state index contributed by atoms with van der Waals surface area (Å²) >= 11 is 0. The summed E-state index contributed by atoms with van der Waals surface area (Å²) in [4.78, 5) is 12.0. The zero-order valence-corrected chi connectivity index (χ0v) is 12.5. The molecule has 1 aromatic heterocycles. The minimum atomic E-state index is -0.239. The fourth-order valence-corrected chi connectivity index (χ4v) is 2.98. The maximum Gasteiger partial charge on any atom is 0.319 e. The van der Waals surface area contributed by atoms with Gasteiger partial charge in [-0.3, -0.25) is 0 Å². The van der Waals surface area contributed by atoms with Gasteiger partial charge in [0.15, 0.2) is 0 Å². The second-order valence-electron chi connectivity index (χ2n) is 5.59. The zero-order chi connectivity index (χ0) is 15.6. The fourth-order valence-electron chi connectivity index (χ4n) is 2.98. The van der Waals surface area contributed by atoms with Crippen molar-refractivity contribution >= 4 is 11.7 Å². The second-order valence-corrected chi connectivity index (χ2v) is 5.59. The van der Waals surface area contributed by atoms with E-state index in [9.17, 15) is 4.79 Å². The van der Waals surface area contributed by atoms with Crippen molar-refractivity contribution in [3.63, 3.8) is 0 Å². The Balaban J connectivity index is 1.45. The molecule has 0 radical (unpaired) electrons. The zero-order valence-electron chi connectivity index (χ0n) is 12.5. The van der Waals surface area contributed by atoms with Crippen LogP contribution in [0.3, 0.4) is 0 Å². The maximum absolute atomic E-state index is 12.0. The Morgan fingerprint density at radius 1 is 1.00 bits per heavy atom. The molecule has 114 valence electrons. The van der Waals surface area contributed by atoms with Crippen LogP contribution in [-0.2, 0) is 13.0 Å². The molecular weight excluding hydrogens is 288 g/mol. The van der Waals surface area contributed by atoms with Crippen LogP contribution < -0.4 is 10.6 Å². The lowest BCUT2D eigenvalue weighted by Crippen LogP contribution is -2.28. The molecule has 0 atom stereocenters. The number of fused-ring (bicyclic) bond motifs is 3. The van der Waals surface area contributed by atoms with E-state index in [1.54, 1.807) is 12.3 Å². The molecule has 0 unspecified atom stereocenters. The smallest absolute Gasteiger partial charge is 0.319 e. The average molecular weight is 304 g/mol. The van der Waals surface area contributed by atoms with E-state index in [1.165, 1.54) is 22.3 Å². The monoisotopic (exact) mass is 304 g/mol. The molecule has 2 amide bonds. The quantitative estimate of drug-likeness (QED) is 0.597. The largest absolute Gasteiger partial charge is 0.467 e. The first-order valence-electron chi connectivity index (χ1n) is 7.58. The van der Waals surface area contributed by atoms with Gasteiger partial charge in [-0.25, -0.2) is 4.79 Å². The Morgan fingerprint density at radius 2 is 1.87 bits per heavy atom. The Bertz CT molecular complexity index is 854. The molecule has 0 bridgehead atoms. The summed E-state index contributed by atoms with van der Waals surface area (Å²) in [5, 5.41) is 5.64. The highest BCUT2D eigenvalue weighted by atomic mass is 16.3. The van der Waals surface area contributed by atoms with Crippen LogP contribution in [0.2, 0.25) is 0 Å². The van der Waals surface area contributed by atoms with Crippen molar-refractivity contribution in [3.05, 3.63) is 77.7 Å². The molecule has 0 fully saturated rings. The van der Waals surface area contributed by atoms with Crippen LogP contribution in [0.5, 0.6) is 0 Å². The van der Waals surface area contributed by atoms with Crippen molar-refractivity contribution in [2.45, 2.75) is 13.0 Å². The molecule has 1 aliphatic rings.